The van der Waals surface area contributed by atoms with Gasteiger partial charge < -0.3 is 10.1 Å². The second-order valence-electron chi connectivity index (χ2n) is 6.68. The summed E-state index contributed by atoms with van der Waals surface area (Å²) in [6.45, 7) is 0.861. The Labute approximate surface area is 127 Å². The van der Waals surface area contributed by atoms with E-state index in [1.54, 1.807) is 12.1 Å². The van der Waals surface area contributed by atoms with Crippen LogP contribution in [0.1, 0.15) is 44.1 Å². The summed E-state index contributed by atoms with van der Waals surface area (Å²) in [7, 11) is 2.00. The summed E-state index contributed by atoms with van der Waals surface area (Å²) < 4.78 is 20.0. The summed E-state index contributed by atoms with van der Waals surface area (Å²) in [6, 6.07) is 7.49. The molecule has 21 heavy (non-hydrogen) atoms. The standard InChI is InChI=1S/C18H26FNO/c1-20-17(12-14-6-2-3-7-16(14)19)15-8-11-21-18(13-15)9-4-5-10-18/h2-3,6-7,15,17,20H,4-5,8-13H2,1H3. The number of benzene rings is 1. The van der Waals surface area contributed by atoms with Gasteiger partial charge in [0, 0.05) is 12.6 Å². The van der Waals surface area contributed by atoms with Gasteiger partial charge in [0.1, 0.15) is 5.82 Å². The Morgan fingerprint density at radius 2 is 2.10 bits per heavy atom. The molecule has 0 radical (unpaired) electrons. The van der Waals surface area contributed by atoms with Crippen LogP contribution in [0, 0.1) is 11.7 Å². The second kappa shape index (κ2) is 6.45. The third-order valence-corrected chi connectivity index (χ3v) is 5.38. The number of hydrogen-bond acceptors (Lipinski definition) is 2. The maximum absolute atomic E-state index is 13.9. The van der Waals surface area contributed by atoms with E-state index in [0.717, 1.165) is 31.4 Å². The predicted molar refractivity (Wildman–Crippen MR) is 82.8 cm³/mol. The molecule has 0 amide bonds. The maximum atomic E-state index is 13.9. The highest BCUT2D eigenvalue weighted by Crippen LogP contribution is 2.43. The first kappa shape index (κ1) is 15.0. The SMILES string of the molecule is CNC(Cc1ccccc1F)C1CCOC2(CCCC2)C1. The van der Waals surface area contributed by atoms with E-state index in [1.165, 1.54) is 25.7 Å². The predicted octanol–water partition coefficient (Wildman–Crippen LogP) is 3.70. The lowest BCUT2D eigenvalue weighted by Gasteiger charge is -2.41. The van der Waals surface area contributed by atoms with E-state index in [2.05, 4.69) is 5.32 Å². The molecule has 1 spiro atoms. The second-order valence-corrected chi connectivity index (χ2v) is 6.68. The van der Waals surface area contributed by atoms with Gasteiger partial charge >= 0.3 is 0 Å². The molecule has 1 aromatic carbocycles. The van der Waals surface area contributed by atoms with Gasteiger partial charge in [0.05, 0.1) is 5.60 Å². The van der Waals surface area contributed by atoms with Crippen LogP contribution < -0.4 is 5.32 Å². The van der Waals surface area contributed by atoms with Crippen LogP contribution >= 0.6 is 0 Å². The molecule has 1 saturated heterocycles. The first-order valence-electron chi connectivity index (χ1n) is 8.27. The van der Waals surface area contributed by atoms with Gasteiger partial charge in [0.25, 0.3) is 0 Å². The first-order valence-corrected chi connectivity index (χ1v) is 8.27. The van der Waals surface area contributed by atoms with Crippen molar-refractivity contribution in [2.75, 3.05) is 13.7 Å². The Bertz CT molecular complexity index is 470. The largest absolute Gasteiger partial charge is 0.375 e. The minimum atomic E-state index is -0.0830. The van der Waals surface area contributed by atoms with Crippen molar-refractivity contribution in [3.8, 4) is 0 Å². The van der Waals surface area contributed by atoms with Crippen molar-refractivity contribution in [3.05, 3.63) is 35.6 Å². The Balaban J connectivity index is 1.69. The van der Waals surface area contributed by atoms with Crippen LogP contribution in [-0.2, 0) is 11.2 Å². The van der Waals surface area contributed by atoms with E-state index in [9.17, 15) is 4.39 Å². The molecular formula is C18H26FNO. The molecule has 3 heteroatoms. The summed E-state index contributed by atoms with van der Waals surface area (Å²) in [5.74, 6) is 0.502. The highest BCUT2D eigenvalue weighted by atomic mass is 19.1. The van der Waals surface area contributed by atoms with E-state index in [-0.39, 0.29) is 11.4 Å². The average molecular weight is 291 g/mol. The Kier molecular flexibility index (Phi) is 4.60. The van der Waals surface area contributed by atoms with E-state index in [4.69, 9.17) is 4.74 Å². The van der Waals surface area contributed by atoms with Crippen molar-refractivity contribution >= 4 is 0 Å². The van der Waals surface area contributed by atoms with Gasteiger partial charge in [0.2, 0.25) is 0 Å². The molecule has 2 nitrogen and oxygen atoms in total. The van der Waals surface area contributed by atoms with E-state index < -0.39 is 0 Å². The number of hydrogen-bond donors (Lipinski definition) is 1. The van der Waals surface area contributed by atoms with Crippen molar-refractivity contribution in [1.82, 2.24) is 5.32 Å². The van der Waals surface area contributed by atoms with Crippen LogP contribution in [0.25, 0.3) is 0 Å². The van der Waals surface area contributed by atoms with Gasteiger partial charge in [-0.3, -0.25) is 0 Å². The molecule has 0 bridgehead atoms. The highest BCUT2D eigenvalue weighted by Gasteiger charge is 2.41. The molecule has 3 rings (SSSR count). The van der Waals surface area contributed by atoms with Crippen molar-refractivity contribution in [3.63, 3.8) is 0 Å². The molecule has 1 N–H and O–H groups in total. The summed E-state index contributed by atoms with van der Waals surface area (Å²) in [6.07, 6.45) is 7.99. The van der Waals surface area contributed by atoms with Gasteiger partial charge in [-0.25, -0.2) is 4.39 Å². The number of rotatable bonds is 4. The lowest BCUT2D eigenvalue weighted by Crippen LogP contribution is -2.45. The number of likely N-dealkylation sites (N-methyl/N-ethyl adjacent to an activating group) is 1. The van der Waals surface area contributed by atoms with Crippen LogP contribution in [0.4, 0.5) is 4.39 Å². The number of nitrogens with one attached hydrogen (secondary N) is 1. The zero-order valence-electron chi connectivity index (χ0n) is 12.9. The van der Waals surface area contributed by atoms with Gasteiger partial charge in [-0.15, -0.1) is 0 Å². The smallest absolute Gasteiger partial charge is 0.126 e. The summed E-state index contributed by atoms with van der Waals surface area (Å²) in [5.41, 5.74) is 0.955. The molecule has 1 aliphatic carbocycles. The molecular weight excluding hydrogens is 265 g/mol. The normalized spacial score (nSPS) is 26.1. The molecule has 116 valence electrons. The van der Waals surface area contributed by atoms with E-state index in [1.807, 2.05) is 19.2 Å². The summed E-state index contributed by atoms with van der Waals surface area (Å²) in [4.78, 5) is 0. The lowest BCUT2D eigenvalue weighted by atomic mass is 9.79. The average Bonchev–Trinajstić information content (AvgIpc) is 2.94. The number of ether oxygens (including phenoxy) is 1. The third kappa shape index (κ3) is 3.29. The maximum Gasteiger partial charge on any atom is 0.126 e. The monoisotopic (exact) mass is 291 g/mol. The summed E-state index contributed by atoms with van der Waals surface area (Å²) >= 11 is 0. The van der Waals surface area contributed by atoms with Crippen molar-refractivity contribution in [2.45, 2.75) is 56.6 Å². The molecule has 1 heterocycles. The molecule has 2 aliphatic rings. The van der Waals surface area contributed by atoms with Crippen molar-refractivity contribution in [1.29, 1.82) is 0 Å². The van der Waals surface area contributed by atoms with Gasteiger partial charge in [-0.2, -0.15) is 0 Å². The molecule has 2 unspecified atom stereocenters. The molecule has 2 fully saturated rings. The highest BCUT2D eigenvalue weighted by molar-refractivity contribution is 5.18. The fourth-order valence-electron chi connectivity index (χ4n) is 4.18. The van der Waals surface area contributed by atoms with Crippen LogP contribution in [-0.4, -0.2) is 25.3 Å². The van der Waals surface area contributed by atoms with Crippen LogP contribution in [0.5, 0.6) is 0 Å². The molecule has 1 aliphatic heterocycles. The van der Waals surface area contributed by atoms with Crippen molar-refractivity contribution < 1.29 is 9.13 Å². The van der Waals surface area contributed by atoms with Gasteiger partial charge in [0.15, 0.2) is 0 Å². The Morgan fingerprint density at radius 3 is 2.81 bits per heavy atom. The fourth-order valence-corrected chi connectivity index (χ4v) is 4.18. The Hall–Kier alpha value is -0.930. The van der Waals surface area contributed by atoms with Crippen LogP contribution in [0.3, 0.4) is 0 Å². The molecule has 0 aromatic heterocycles. The zero-order chi connectivity index (χ0) is 14.7. The quantitative estimate of drug-likeness (QED) is 0.913. The van der Waals surface area contributed by atoms with Crippen LogP contribution in [0.15, 0.2) is 24.3 Å². The van der Waals surface area contributed by atoms with Gasteiger partial charge in [-0.1, -0.05) is 31.0 Å². The van der Waals surface area contributed by atoms with Crippen molar-refractivity contribution in [2.24, 2.45) is 5.92 Å². The summed E-state index contributed by atoms with van der Waals surface area (Å²) in [5, 5.41) is 3.43. The molecule has 1 aromatic rings. The fraction of sp³-hybridized carbons (Fsp3) is 0.667. The molecule has 1 saturated carbocycles. The topological polar surface area (TPSA) is 21.3 Å². The Morgan fingerprint density at radius 1 is 1.33 bits per heavy atom. The van der Waals surface area contributed by atoms with Gasteiger partial charge in [-0.05, 0) is 56.7 Å². The lowest BCUT2D eigenvalue weighted by molar-refractivity contribution is -0.0975. The first-order chi connectivity index (χ1) is 10.2. The van der Waals surface area contributed by atoms with E-state index >= 15 is 0 Å². The minimum Gasteiger partial charge on any atom is -0.375 e. The zero-order valence-corrected chi connectivity index (χ0v) is 12.9. The van der Waals surface area contributed by atoms with Crippen LogP contribution in [0.2, 0.25) is 0 Å². The number of halogens is 1. The molecule has 2 atom stereocenters. The minimum absolute atomic E-state index is 0.0830. The van der Waals surface area contributed by atoms with E-state index in [0.29, 0.717) is 12.0 Å². The third-order valence-electron chi connectivity index (χ3n) is 5.38.